The first-order valence-electron chi connectivity index (χ1n) is 11.9. The van der Waals surface area contributed by atoms with Gasteiger partial charge in [0, 0.05) is 44.2 Å². The molecule has 0 unspecified atom stereocenters. The van der Waals surface area contributed by atoms with E-state index in [0.717, 1.165) is 13.1 Å². The van der Waals surface area contributed by atoms with Gasteiger partial charge in [0.05, 0.1) is 10.5 Å². The van der Waals surface area contributed by atoms with E-state index in [1.54, 1.807) is 4.90 Å². The van der Waals surface area contributed by atoms with Crippen LogP contribution in [0.5, 0.6) is 0 Å². The Hall–Kier alpha value is -1.86. The summed E-state index contributed by atoms with van der Waals surface area (Å²) < 4.78 is 105. The van der Waals surface area contributed by atoms with E-state index in [0.29, 0.717) is 47.7 Å². The van der Waals surface area contributed by atoms with Crippen LogP contribution in [0.1, 0.15) is 45.1 Å². The van der Waals surface area contributed by atoms with Gasteiger partial charge in [-0.05, 0) is 63.8 Å². The van der Waals surface area contributed by atoms with E-state index < -0.39 is 51.3 Å². The molecule has 0 N–H and O–H groups in total. The highest BCUT2D eigenvalue weighted by Gasteiger charge is 2.43. The Morgan fingerprint density at radius 1 is 0.944 bits per heavy atom. The zero-order valence-corrected chi connectivity index (χ0v) is 21.0. The minimum absolute atomic E-state index is 0.0539. The van der Waals surface area contributed by atoms with Crippen molar-refractivity contribution in [1.29, 1.82) is 0 Å². The number of nitrogens with zero attached hydrogens (tertiary/aromatic N) is 3. The van der Waals surface area contributed by atoms with E-state index in [9.17, 15) is 39.6 Å². The predicted molar refractivity (Wildman–Crippen MR) is 120 cm³/mol. The molecule has 204 valence electrons. The summed E-state index contributed by atoms with van der Waals surface area (Å²) in [5.41, 5.74) is -1.10. The predicted octanol–water partition coefficient (Wildman–Crippen LogP) is 4.37. The zero-order chi connectivity index (χ0) is 26.9. The summed E-state index contributed by atoms with van der Waals surface area (Å²) in [6, 6.07) is 1.77. The van der Waals surface area contributed by atoms with Crippen LogP contribution in [0.25, 0.3) is 0 Å². The van der Waals surface area contributed by atoms with Crippen molar-refractivity contribution in [2.75, 3.05) is 32.7 Å². The fraction of sp³-hybridized carbons (Fsp3) is 0.696. The van der Waals surface area contributed by atoms with E-state index in [1.165, 1.54) is 0 Å². The van der Waals surface area contributed by atoms with Gasteiger partial charge in [0.15, 0.2) is 0 Å². The molecule has 1 aliphatic carbocycles. The molecule has 1 aromatic rings. The maximum atomic E-state index is 13.3. The second kappa shape index (κ2) is 10.9. The van der Waals surface area contributed by atoms with Crippen LogP contribution in [0.4, 0.5) is 26.3 Å². The van der Waals surface area contributed by atoms with E-state index in [1.807, 2.05) is 0 Å². The molecule has 1 saturated heterocycles. The van der Waals surface area contributed by atoms with Crippen molar-refractivity contribution in [1.82, 2.24) is 14.1 Å². The second-order valence-corrected chi connectivity index (χ2v) is 11.5. The van der Waals surface area contributed by atoms with Crippen molar-refractivity contribution >= 4 is 15.9 Å². The average Bonchev–Trinajstić information content (AvgIpc) is 2.81. The SMILES string of the molecule is CC(C)N1CCN(C(=O)C2CCC(N(CC(F)(F)F)S(=O)(=O)c3ccc(C(F)(F)F)cc3)CC2)CC1. The van der Waals surface area contributed by atoms with Crippen molar-refractivity contribution in [3.8, 4) is 0 Å². The Morgan fingerprint density at radius 3 is 1.92 bits per heavy atom. The summed E-state index contributed by atoms with van der Waals surface area (Å²) in [5.74, 6) is -0.460. The molecule has 2 fully saturated rings. The maximum absolute atomic E-state index is 13.3. The summed E-state index contributed by atoms with van der Waals surface area (Å²) in [6.45, 7) is 5.01. The van der Waals surface area contributed by atoms with Gasteiger partial charge in [-0.2, -0.15) is 30.6 Å². The Labute approximate surface area is 207 Å². The molecule has 6 nitrogen and oxygen atoms in total. The number of rotatable bonds is 6. The van der Waals surface area contributed by atoms with Crippen LogP contribution in [0.2, 0.25) is 0 Å². The molecule has 36 heavy (non-hydrogen) atoms. The van der Waals surface area contributed by atoms with Gasteiger partial charge in [-0.1, -0.05) is 0 Å². The molecule has 13 heteroatoms. The van der Waals surface area contributed by atoms with Gasteiger partial charge >= 0.3 is 12.4 Å². The Kier molecular flexibility index (Phi) is 8.66. The molecular formula is C23H31F6N3O3S. The molecule has 1 saturated carbocycles. The molecule has 0 atom stereocenters. The lowest BCUT2D eigenvalue weighted by molar-refractivity contribution is -0.144. The number of alkyl halides is 6. The van der Waals surface area contributed by atoms with Crippen molar-refractivity contribution in [2.24, 2.45) is 5.92 Å². The Morgan fingerprint density at radius 2 is 1.47 bits per heavy atom. The average molecular weight is 544 g/mol. The summed E-state index contributed by atoms with van der Waals surface area (Å²) >= 11 is 0. The number of hydrogen-bond acceptors (Lipinski definition) is 4. The van der Waals surface area contributed by atoms with Gasteiger partial charge in [-0.3, -0.25) is 9.69 Å². The van der Waals surface area contributed by atoms with Gasteiger partial charge in [0.2, 0.25) is 15.9 Å². The molecule has 0 spiro atoms. The molecule has 1 aromatic carbocycles. The first kappa shape index (κ1) is 28.7. The molecule has 3 rings (SSSR count). The smallest absolute Gasteiger partial charge is 0.340 e. The quantitative estimate of drug-likeness (QED) is 0.500. The van der Waals surface area contributed by atoms with Crippen molar-refractivity contribution < 1.29 is 39.6 Å². The highest BCUT2D eigenvalue weighted by atomic mass is 32.2. The number of sulfonamides is 1. The fourth-order valence-electron chi connectivity index (χ4n) is 4.87. The summed E-state index contributed by atoms with van der Waals surface area (Å²) in [4.78, 5) is 16.3. The number of carbonyl (C=O) groups excluding carboxylic acids is 1. The minimum atomic E-state index is -4.85. The number of benzene rings is 1. The van der Waals surface area contributed by atoms with Crippen LogP contribution < -0.4 is 0 Å². The number of amides is 1. The number of piperazine rings is 1. The standard InChI is InChI=1S/C23H31F6N3O3S/c1-16(2)30-11-13-31(14-12-30)21(33)17-3-7-19(8-4-17)32(15-22(24,25)26)36(34,35)20-9-5-18(6-10-20)23(27,28)29/h5-6,9-10,16-17,19H,3-4,7-8,11-15H2,1-2H3. The van der Waals surface area contributed by atoms with Crippen LogP contribution in [-0.2, 0) is 21.0 Å². The van der Waals surface area contributed by atoms with Crippen molar-refractivity contribution in [3.63, 3.8) is 0 Å². The van der Waals surface area contributed by atoms with Crippen LogP contribution in [0, 0.1) is 5.92 Å². The molecule has 0 bridgehead atoms. The van der Waals surface area contributed by atoms with Crippen molar-refractivity contribution in [2.45, 2.75) is 68.9 Å². The van der Waals surface area contributed by atoms with Gasteiger partial charge in [-0.15, -0.1) is 0 Å². The van der Waals surface area contributed by atoms with E-state index in [4.69, 9.17) is 0 Å². The molecular weight excluding hydrogens is 512 g/mol. The van der Waals surface area contributed by atoms with Gasteiger partial charge < -0.3 is 4.90 Å². The third-order valence-electron chi connectivity index (χ3n) is 6.93. The number of carbonyl (C=O) groups is 1. The summed E-state index contributed by atoms with van der Waals surface area (Å²) in [5, 5.41) is 0. The van der Waals surface area contributed by atoms with Gasteiger partial charge in [0.1, 0.15) is 6.54 Å². The van der Waals surface area contributed by atoms with Crippen LogP contribution in [-0.4, -0.2) is 79.4 Å². The van der Waals surface area contributed by atoms with E-state index >= 15 is 0 Å². The molecule has 2 aliphatic rings. The summed E-state index contributed by atoms with van der Waals surface area (Å²) in [6.07, 6.45) is -8.96. The normalized spacial score (nSPS) is 22.9. The zero-order valence-electron chi connectivity index (χ0n) is 20.1. The van der Waals surface area contributed by atoms with Crippen LogP contribution >= 0.6 is 0 Å². The maximum Gasteiger partial charge on any atom is 0.416 e. The van der Waals surface area contributed by atoms with Gasteiger partial charge in [-0.25, -0.2) is 8.42 Å². The lowest BCUT2D eigenvalue weighted by Crippen LogP contribution is -2.53. The van der Waals surface area contributed by atoms with Crippen LogP contribution in [0.3, 0.4) is 0 Å². The second-order valence-electron chi connectivity index (χ2n) is 9.65. The van der Waals surface area contributed by atoms with Crippen molar-refractivity contribution in [3.05, 3.63) is 29.8 Å². The largest absolute Gasteiger partial charge is 0.416 e. The third kappa shape index (κ3) is 6.91. The molecule has 1 heterocycles. The van der Waals surface area contributed by atoms with Gasteiger partial charge in [0.25, 0.3) is 0 Å². The molecule has 0 aromatic heterocycles. The highest BCUT2D eigenvalue weighted by Crippen LogP contribution is 2.35. The third-order valence-corrected chi connectivity index (χ3v) is 8.85. The molecule has 1 aliphatic heterocycles. The van der Waals surface area contributed by atoms with E-state index in [2.05, 4.69) is 18.7 Å². The Balaban J connectivity index is 1.71. The Bertz CT molecular complexity index is 995. The van der Waals surface area contributed by atoms with E-state index in [-0.39, 0.29) is 31.6 Å². The lowest BCUT2D eigenvalue weighted by Gasteiger charge is -2.40. The number of halogens is 6. The summed E-state index contributed by atoms with van der Waals surface area (Å²) in [7, 11) is -4.72. The highest BCUT2D eigenvalue weighted by molar-refractivity contribution is 7.89. The lowest BCUT2D eigenvalue weighted by atomic mass is 9.85. The number of hydrogen-bond donors (Lipinski definition) is 0. The molecule has 1 amide bonds. The first-order valence-corrected chi connectivity index (χ1v) is 13.3. The molecule has 0 radical (unpaired) electrons. The topological polar surface area (TPSA) is 60.9 Å². The minimum Gasteiger partial charge on any atom is -0.340 e. The monoisotopic (exact) mass is 543 g/mol. The van der Waals surface area contributed by atoms with Crippen LogP contribution in [0.15, 0.2) is 29.2 Å². The fourth-order valence-corrected chi connectivity index (χ4v) is 6.54. The first-order chi connectivity index (χ1) is 16.6.